The average molecular weight is 311 g/mol. The zero-order valence-electron chi connectivity index (χ0n) is 12.5. The molecule has 1 aliphatic heterocycles. The third kappa shape index (κ3) is 2.55. The molecular formula is C15H13N5O3. The molecule has 0 unspecified atom stereocenters. The Morgan fingerprint density at radius 3 is 2.43 bits per heavy atom. The number of hydrogen-bond donors (Lipinski definition) is 1. The summed E-state index contributed by atoms with van der Waals surface area (Å²) in [5, 5.41) is 1.53. The third-order valence-electron chi connectivity index (χ3n) is 3.26. The molecule has 3 rings (SSSR count). The number of nitrogens with one attached hydrogen (secondary N) is 1. The summed E-state index contributed by atoms with van der Waals surface area (Å²) in [6.45, 7) is 0. The van der Waals surface area contributed by atoms with Crippen LogP contribution in [0.15, 0.2) is 36.8 Å². The lowest BCUT2D eigenvalue weighted by molar-refractivity contribution is 0.0855. The summed E-state index contributed by atoms with van der Waals surface area (Å²) >= 11 is 0. The summed E-state index contributed by atoms with van der Waals surface area (Å²) < 4.78 is 0. The van der Waals surface area contributed by atoms with Gasteiger partial charge >= 0.3 is 0 Å². The fourth-order valence-corrected chi connectivity index (χ4v) is 2.24. The fourth-order valence-electron chi connectivity index (χ4n) is 2.24. The first kappa shape index (κ1) is 14.8. The van der Waals surface area contributed by atoms with Crippen molar-refractivity contribution in [3.05, 3.63) is 53.6 Å². The fraction of sp³-hybridized carbons (Fsp3) is 0.133. The van der Waals surface area contributed by atoms with Gasteiger partial charge in [0.2, 0.25) is 0 Å². The highest BCUT2D eigenvalue weighted by Gasteiger charge is 2.38. The standard InChI is InChI=1S/C15H13N5O3/c1-19(2)18-13(21)9-3-5-10(6-4-9)20-14(22)11-7-16-8-17-12(11)15(20)23/h3-8H,1-2H3,(H,18,21). The quantitative estimate of drug-likeness (QED) is 0.654. The van der Waals surface area contributed by atoms with E-state index in [1.54, 1.807) is 38.4 Å². The molecular weight excluding hydrogens is 298 g/mol. The Morgan fingerprint density at radius 2 is 1.83 bits per heavy atom. The Morgan fingerprint density at radius 1 is 1.13 bits per heavy atom. The second-order valence-corrected chi connectivity index (χ2v) is 5.11. The lowest BCUT2D eigenvalue weighted by Gasteiger charge is -2.15. The molecule has 1 aromatic carbocycles. The molecule has 0 saturated heterocycles. The average Bonchev–Trinajstić information content (AvgIpc) is 2.79. The molecule has 23 heavy (non-hydrogen) atoms. The molecule has 0 aliphatic carbocycles. The van der Waals surface area contributed by atoms with Crippen molar-refractivity contribution < 1.29 is 14.4 Å². The number of hydrazine groups is 1. The van der Waals surface area contributed by atoms with Gasteiger partial charge in [-0.05, 0) is 24.3 Å². The third-order valence-corrected chi connectivity index (χ3v) is 3.26. The molecule has 2 aromatic rings. The number of carbonyl (C=O) groups is 3. The van der Waals surface area contributed by atoms with Gasteiger partial charge in [-0.15, -0.1) is 0 Å². The van der Waals surface area contributed by atoms with Crippen LogP contribution < -0.4 is 10.3 Å². The lowest BCUT2D eigenvalue weighted by atomic mass is 10.2. The van der Waals surface area contributed by atoms with Gasteiger partial charge in [-0.3, -0.25) is 19.8 Å². The normalized spacial score (nSPS) is 13.4. The summed E-state index contributed by atoms with van der Waals surface area (Å²) in [4.78, 5) is 45.1. The molecule has 0 atom stereocenters. The van der Waals surface area contributed by atoms with E-state index >= 15 is 0 Å². The van der Waals surface area contributed by atoms with E-state index in [4.69, 9.17) is 0 Å². The van der Waals surface area contributed by atoms with Crippen molar-refractivity contribution >= 4 is 23.4 Å². The van der Waals surface area contributed by atoms with Crippen LogP contribution in [-0.4, -0.2) is 46.8 Å². The zero-order chi connectivity index (χ0) is 16.6. The monoisotopic (exact) mass is 311 g/mol. The van der Waals surface area contributed by atoms with Crippen molar-refractivity contribution in [3.8, 4) is 0 Å². The largest absolute Gasteiger partial charge is 0.285 e. The zero-order valence-corrected chi connectivity index (χ0v) is 12.5. The number of carbonyl (C=O) groups excluding carboxylic acids is 3. The van der Waals surface area contributed by atoms with Crippen LogP contribution in [0.25, 0.3) is 0 Å². The van der Waals surface area contributed by atoms with Gasteiger partial charge in [0.25, 0.3) is 17.7 Å². The van der Waals surface area contributed by atoms with E-state index in [9.17, 15) is 14.4 Å². The maximum absolute atomic E-state index is 12.3. The molecule has 1 aromatic heterocycles. The number of rotatable bonds is 3. The molecule has 0 radical (unpaired) electrons. The minimum atomic E-state index is -0.502. The predicted molar refractivity (Wildman–Crippen MR) is 80.8 cm³/mol. The first-order valence-corrected chi connectivity index (χ1v) is 6.76. The Kier molecular flexibility index (Phi) is 3.59. The van der Waals surface area contributed by atoms with Gasteiger partial charge in [0.1, 0.15) is 12.0 Å². The second kappa shape index (κ2) is 5.58. The van der Waals surface area contributed by atoms with E-state index in [0.717, 1.165) is 4.90 Å². The van der Waals surface area contributed by atoms with Crippen molar-refractivity contribution in [2.75, 3.05) is 19.0 Å². The minimum absolute atomic E-state index is 0.0828. The molecule has 8 heteroatoms. The molecule has 116 valence electrons. The highest BCUT2D eigenvalue weighted by molar-refractivity contribution is 6.33. The molecule has 0 spiro atoms. The van der Waals surface area contributed by atoms with E-state index < -0.39 is 11.8 Å². The topological polar surface area (TPSA) is 95.5 Å². The summed E-state index contributed by atoms with van der Waals surface area (Å²) in [5.41, 5.74) is 3.65. The Balaban J connectivity index is 1.88. The van der Waals surface area contributed by atoms with Gasteiger partial charge in [0.05, 0.1) is 11.3 Å². The number of nitrogens with zero attached hydrogens (tertiary/aromatic N) is 4. The number of benzene rings is 1. The van der Waals surface area contributed by atoms with Crippen LogP contribution in [0.2, 0.25) is 0 Å². The molecule has 0 fully saturated rings. The van der Waals surface area contributed by atoms with Gasteiger partial charge < -0.3 is 0 Å². The number of aromatic nitrogens is 2. The van der Waals surface area contributed by atoms with E-state index in [2.05, 4.69) is 15.4 Å². The Hall–Kier alpha value is -3.13. The summed E-state index contributed by atoms with van der Waals surface area (Å²) in [5.74, 6) is -1.26. The van der Waals surface area contributed by atoms with Crippen molar-refractivity contribution in [1.82, 2.24) is 20.4 Å². The van der Waals surface area contributed by atoms with Gasteiger partial charge in [-0.1, -0.05) is 0 Å². The van der Waals surface area contributed by atoms with Crippen LogP contribution in [-0.2, 0) is 0 Å². The molecule has 0 saturated carbocycles. The van der Waals surface area contributed by atoms with E-state index in [1.807, 2.05) is 0 Å². The smallest absolute Gasteiger partial charge is 0.284 e. The highest BCUT2D eigenvalue weighted by Crippen LogP contribution is 2.26. The summed E-state index contributed by atoms with van der Waals surface area (Å²) in [6, 6.07) is 6.17. The summed E-state index contributed by atoms with van der Waals surface area (Å²) in [7, 11) is 3.40. The van der Waals surface area contributed by atoms with Crippen molar-refractivity contribution in [2.24, 2.45) is 0 Å². The summed E-state index contributed by atoms with van der Waals surface area (Å²) in [6.07, 6.45) is 2.55. The molecule has 2 heterocycles. The van der Waals surface area contributed by atoms with Crippen LogP contribution >= 0.6 is 0 Å². The number of amides is 3. The Bertz CT molecular complexity index is 766. The highest BCUT2D eigenvalue weighted by atomic mass is 16.2. The van der Waals surface area contributed by atoms with Gasteiger partial charge in [0.15, 0.2) is 0 Å². The van der Waals surface area contributed by atoms with Gasteiger partial charge in [-0.25, -0.2) is 19.9 Å². The van der Waals surface area contributed by atoms with E-state index in [-0.39, 0.29) is 17.2 Å². The van der Waals surface area contributed by atoms with Crippen molar-refractivity contribution in [3.63, 3.8) is 0 Å². The molecule has 3 amide bonds. The van der Waals surface area contributed by atoms with Crippen LogP contribution in [0.5, 0.6) is 0 Å². The first-order chi connectivity index (χ1) is 11.0. The molecule has 0 bridgehead atoms. The number of imide groups is 1. The number of anilines is 1. The maximum atomic E-state index is 12.3. The minimum Gasteiger partial charge on any atom is -0.285 e. The predicted octanol–water partition coefficient (Wildman–Crippen LogP) is 0.484. The number of hydrogen-bond acceptors (Lipinski definition) is 6. The Labute approximate surface area is 131 Å². The maximum Gasteiger partial charge on any atom is 0.284 e. The van der Waals surface area contributed by atoms with E-state index in [1.165, 1.54) is 17.5 Å². The van der Waals surface area contributed by atoms with E-state index in [0.29, 0.717) is 11.3 Å². The molecule has 1 N–H and O–H groups in total. The van der Waals surface area contributed by atoms with Crippen LogP contribution in [0, 0.1) is 0 Å². The number of fused-ring (bicyclic) bond motifs is 1. The van der Waals surface area contributed by atoms with Gasteiger partial charge in [-0.2, -0.15) is 0 Å². The first-order valence-electron chi connectivity index (χ1n) is 6.76. The molecule has 1 aliphatic rings. The molecule has 8 nitrogen and oxygen atoms in total. The lowest BCUT2D eigenvalue weighted by Crippen LogP contribution is -2.36. The van der Waals surface area contributed by atoms with Crippen molar-refractivity contribution in [1.29, 1.82) is 0 Å². The van der Waals surface area contributed by atoms with Crippen LogP contribution in [0.3, 0.4) is 0 Å². The van der Waals surface area contributed by atoms with Gasteiger partial charge in [0, 0.05) is 25.9 Å². The van der Waals surface area contributed by atoms with Crippen molar-refractivity contribution in [2.45, 2.75) is 0 Å². The SMILES string of the molecule is CN(C)NC(=O)c1ccc(N2C(=O)c3cncnc3C2=O)cc1. The second-order valence-electron chi connectivity index (χ2n) is 5.11. The van der Waals surface area contributed by atoms with Crippen LogP contribution in [0.1, 0.15) is 31.2 Å². The van der Waals surface area contributed by atoms with Crippen LogP contribution in [0.4, 0.5) is 5.69 Å².